The number of ether oxygens (including phenoxy) is 1. The van der Waals surface area contributed by atoms with E-state index in [2.05, 4.69) is 36.2 Å². The van der Waals surface area contributed by atoms with E-state index in [0.29, 0.717) is 6.10 Å². The molecular weight excluding hydrogens is 202 g/mol. The van der Waals surface area contributed by atoms with Crippen LogP contribution >= 0.6 is 0 Å². The van der Waals surface area contributed by atoms with Crippen LogP contribution in [0.15, 0.2) is 0 Å². The second-order valence-corrected chi connectivity index (χ2v) is 5.69. The van der Waals surface area contributed by atoms with Crippen LogP contribution in [0.25, 0.3) is 0 Å². The normalized spacial score (nSPS) is 32.1. The Bertz CT molecular complexity index is 224. The largest absolute Gasteiger partial charge is 0.371 e. The van der Waals surface area contributed by atoms with Gasteiger partial charge in [0.25, 0.3) is 0 Å². The van der Waals surface area contributed by atoms with Crippen LogP contribution in [0.3, 0.4) is 0 Å². The van der Waals surface area contributed by atoms with Gasteiger partial charge >= 0.3 is 0 Å². The Balaban J connectivity index is 1.65. The van der Waals surface area contributed by atoms with Crippen LogP contribution in [0.1, 0.15) is 26.7 Å². The molecule has 4 nitrogen and oxygen atoms in total. The molecule has 4 heteroatoms. The predicted molar refractivity (Wildman–Crippen MR) is 65.3 cm³/mol. The van der Waals surface area contributed by atoms with E-state index in [1.165, 1.54) is 12.8 Å². The molecule has 94 valence electrons. The Morgan fingerprint density at radius 2 is 1.94 bits per heavy atom. The molecule has 2 rings (SSSR count). The van der Waals surface area contributed by atoms with Gasteiger partial charge in [0.1, 0.15) is 0 Å². The number of hydrogen-bond acceptors (Lipinski definition) is 4. The minimum absolute atomic E-state index is 0.0917. The molecule has 0 radical (unpaired) electrons. The Kier molecular flexibility index (Phi) is 3.85. The van der Waals surface area contributed by atoms with Gasteiger partial charge in [0, 0.05) is 32.7 Å². The maximum absolute atomic E-state index is 5.96. The topological polar surface area (TPSA) is 27.7 Å². The molecule has 2 aliphatic heterocycles. The highest BCUT2D eigenvalue weighted by Gasteiger charge is 2.31. The molecule has 0 aliphatic carbocycles. The molecule has 16 heavy (non-hydrogen) atoms. The summed E-state index contributed by atoms with van der Waals surface area (Å²) in [6.07, 6.45) is 2.77. The summed E-state index contributed by atoms with van der Waals surface area (Å²) in [5, 5.41) is 2.33. The molecule has 0 aromatic rings. The zero-order valence-electron chi connectivity index (χ0n) is 10.8. The van der Waals surface area contributed by atoms with E-state index < -0.39 is 0 Å². The lowest BCUT2D eigenvalue weighted by molar-refractivity contribution is -0.0251. The quantitative estimate of drug-likeness (QED) is 0.768. The second-order valence-electron chi connectivity index (χ2n) is 5.69. The molecule has 1 atom stereocenters. The van der Waals surface area contributed by atoms with Crippen LogP contribution in [0.5, 0.6) is 0 Å². The molecule has 2 saturated heterocycles. The maximum atomic E-state index is 5.96. The van der Waals surface area contributed by atoms with Crippen molar-refractivity contribution in [2.75, 3.05) is 39.8 Å². The summed E-state index contributed by atoms with van der Waals surface area (Å²) >= 11 is 0. The average molecular weight is 227 g/mol. The summed E-state index contributed by atoms with van der Waals surface area (Å²) in [5.41, 5.74) is 3.60. The highest BCUT2D eigenvalue weighted by Crippen LogP contribution is 2.28. The second kappa shape index (κ2) is 5.00. The van der Waals surface area contributed by atoms with E-state index in [-0.39, 0.29) is 5.60 Å². The number of piperazine rings is 1. The Hall–Kier alpha value is -0.160. The Morgan fingerprint density at radius 3 is 2.50 bits per heavy atom. The number of rotatable bonds is 3. The summed E-state index contributed by atoms with van der Waals surface area (Å²) in [5.74, 6) is 0. The fraction of sp³-hybridized carbons (Fsp3) is 1.00. The zero-order chi connectivity index (χ0) is 11.6. The van der Waals surface area contributed by atoms with Gasteiger partial charge in [0.2, 0.25) is 0 Å². The lowest BCUT2D eigenvalue weighted by Gasteiger charge is -2.33. The molecule has 0 saturated carbocycles. The van der Waals surface area contributed by atoms with Gasteiger partial charge in [0.05, 0.1) is 11.7 Å². The summed E-state index contributed by atoms with van der Waals surface area (Å²) in [7, 11) is 2.18. The van der Waals surface area contributed by atoms with E-state index in [9.17, 15) is 0 Å². The van der Waals surface area contributed by atoms with Gasteiger partial charge in [-0.05, 0) is 33.7 Å². The van der Waals surface area contributed by atoms with Crippen LogP contribution in [0, 0.1) is 0 Å². The molecule has 2 heterocycles. The first kappa shape index (κ1) is 12.3. The number of likely N-dealkylation sites (N-methyl/N-ethyl adjacent to an activating group) is 1. The van der Waals surface area contributed by atoms with E-state index >= 15 is 0 Å². The van der Waals surface area contributed by atoms with Crippen molar-refractivity contribution in [2.24, 2.45) is 0 Å². The molecule has 0 bridgehead atoms. The van der Waals surface area contributed by atoms with Crippen molar-refractivity contribution in [1.82, 2.24) is 15.3 Å². The molecule has 0 spiro atoms. The number of hydrogen-bond donors (Lipinski definition) is 1. The van der Waals surface area contributed by atoms with Crippen LogP contribution < -0.4 is 5.43 Å². The van der Waals surface area contributed by atoms with Gasteiger partial charge in [0.15, 0.2) is 0 Å². The van der Waals surface area contributed by atoms with Crippen LogP contribution in [0.2, 0.25) is 0 Å². The summed E-state index contributed by atoms with van der Waals surface area (Å²) in [6.45, 7) is 9.88. The SMILES string of the molecule is CN1CCN(NCC2CCC(C)(C)O2)CC1. The van der Waals surface area contributed by atoms with Crippen LogP contribution in [-0.4, -0.2) is 61.4 Å². The molecule has 0 aromatic carbocycles. The van der Waals surface area contributed by atoms with Crippen molar-refractivity contribution in [3.05, 3.63) is 0 Å². The smallest absolute Gasteiger partial charge is 0.0721 e. The summed E-state index contributed by atoms with van der Waals surface area (Å²) in [6, 6.07) is 0. The van der Waals surface area contributed by atoms with Gasteiger partial charge in [-0.1, -0.05) is 0 Å². The van der Waals surface area contributed by atoms with Crippen molar-refractivity contribution < 1.29 is 4.74 Å². The molecule has 2 fully saturated rings. The van der Waals surface area contributed by atoms with Gasteiger partial charge in [-0.3, -0.25) is 5.43 Å². The first-order valence-electron chi connectivity index (χ1n) is 6.40. The van der Waals surface area contributed by atoms with Gasteiger partial charge in [-0.15, -0.1) is 0 Å². The highest BCUT2D eigenvalue weighted by atomic mass is 16.5. The molecule has 1 unspecified atom stereocenters. The van der Waals surface area contributed by atoms with Crippen molar-refractivity contribution in [3.63, 3.8) is 0 Å². The standard InChI is InChI=1S/C12H25N3O/c1-12(2)5-4-11(16-12)10-13-15-8-6-14(3)7-9-15/h11,13H,4-10H2,1-3H3. The summed E-state index contributed by atoms with van der Waals surface area (Å²) < 4.78 is 5.96. The van der Waals surface area contributed by atoms with E-state index in [4.69, 9.17) is 4.74 Å². The van der Waals surface area contributed by atoms with Crippen molar-refractivity contribution >= 4 is 0 Å². The lowest BCUT2D eigenvalue weighted by Crippen LogP contribution is -2.52. The van der Waals surface area contributed by atoms with E-state index in [0.717, 1.165) is 32.7 Å². The van der Waals surface area contributed by atoms with E-state index in [1.54, 1.807) is 0 Å². The number of nitrogens with one attached hydrogen (secondary N) is 1. The molecule has 2 aliphatic rings. The first-order valence-corrected chi connectivity index (χ1v) is 6.40. The van der Waals surface area contributed by atoms with Crippen molar-refractivity contribution in [2.45, 2.75) is 38.4 Å². The van der Waals surface area contributed by atoms with Gasteiger partial charge in [-0.2, -0.15) is 0 Å². The van der Waals surface area contributed by atoms with Gasteiger partial charge in [-0.25, -0.2) is 5.01 Å². The zero-order valence-corrected chi connectivity index (χ0v) is 10.8. The Labute approximate surface area is 98.9 Å². The van der Waals surface area contributed by atoms with Crippen molar-refractivity contribution in [1.29, 1.82) is 0 Å². The fourth-order valence-electron chi connectivity index (χ4n) is 2.42. The van der Waals surface area contributed by atoms with Crippen LogP contribution in [0.4, 0.5) is 0 Å². The third-order valence-corrected chi connectivity index (χ3v) is 3.60. The number of nitrogens with zero attached hydrogens (tertiary/aromatic N) is 2. The Morgan fingerprint density at radius 1 is 1.25 bits per heavy atom. The monoisotopic (exact) mass is 227 g/mol. The predicted octanol–water partition coefficient (Wildman–Crippen LogP) is 0.696. The maximum Gasteiger partial charge on any atom is 0.0721 e. The average Bonchev–Trinajstić information content (AvgIpc) is 2.58. The number of hydrazine groups is 1. The summed E-state index contributed by atoms with van der Waals surface area (Å²) in [4.78, 5) is 2.37. The third-order valence-electron chi connectivity index (χ3n) is 3.60. The molecule has 0 amide bonds. The third kappa shape index (κ3) is 3.42. The van der Waals surface area contributed by atoms with E-state index in [1.807, 2.05) is 0 Å². The lowest BCUT2D eigenvalue weighted by atomic mass is 10.1. The molecule has 0 aromatic heterocycles. The van der Waals surface area contributed by atoms with Crippen LogP contribution in [-0.2, 0) is 4.74 Å². The first-order chi connectivity index (χ1) is 7.55. The highest BCUT2D eigenvalue weighted by molar-refractivity contribution is 4.81. The fourth-order valence-corrected chi connectivity index (χ4v) is 2.42. The minimum Gasteiger partial charge on any atom is -0.371 e. The van der Waals surface area contributed by atoms with Crippen molar-refractivity contribution in [3.8, 4) is 0 Å². The van der Waals surface area contributed by atoms with Gasteiger partial charge < -0.3 is 9.64 Å². The molecule has 1 N–H and O–H groups in total. The minimum atomic E-state index is 0.0917. The molecular formula is C12H25N3O.